The first kappa shape index (κ1) is 48.1. The van der Waals surface area contributed by atoms with Crippen LogP contribution in [0.3, 0.4) is 0 Å². The highest BCUT2D eigenvalue weighted by atomic mass is 19.1. The van der Waals surface area contributed by atoms with Crippen LogP contribution in [0.15, 0.2) is 72.8 Å². The Kier molecular flexibility index (Phi) is 16.5. The molecule has 6 rings (SSSR count). The van der Waals surface area contributed by atoms with Crippen molar-refractivity contribution in [2.24, 2.45) is 23.7 Å². The summed E-state index contributed by atoms with van der Waals surface area (Å²) in [7, 11) is 2.65. The molecular formula is C52H66FN3O8. The molecule has 0 saturated carbocycles. The second kappa shape index (κ2) is 22.0. The van der Waals surface area contributed by atoms with Crippen molar-refractivity contribution in [2.75, 3.05) is 32.2 Å². The minimum Gasteiger partial charge on any atom is -0.469 e. The maximum absolute atomic E-state index is 14.2. The van der Waals surface area contributed by atoms with E-state index in [1.165, 1.54) is 26.4 Å². The van der Waals surface area contributed by atoms with Gasteiger partial charge in [-0.1, -0.05) is 89.1 Å². The van der Waals surface area contributed by atoms with Crippen molar-refractivity contribution in [3.05, 3.63) is 101 Å². The maximum atomic E-state index is 14.2. The first-order valence-corrected chi connectivity index (χ1v) is 23.3. The van der Waals surface area contributed by atoms with E-state index in [4.69, 9.17) is 9.47 Å². The molecule has 0 unspecified atom stereocenters. The standard InChI is InChI=1S/C52H66FN3O8/c1-7-33(3)41(31-49(59)63-5)51(61)54-27-9-11-45(54)47(57)29-35-13-17-37(18-14-35)43-25-26-44(56(43)40-23-21-39(53)22-24-40)38-19-15-36(16-20-38)30-48(58)46-12-10-28-55(46)52(62)42(34(4)8-2)32-50(60)64-6/h13-24,33-34,41-46H,7-12,25-32H2,1-6H3/t33-,34-,41-,42-,43-,44-,45-,46-/m0/s1. The number of carbonyl (C=O) groups is 6. The quantitative estimate of drug-likeness (QED) is 0.109. The fourth-order valence-electron chi connectivity index (χ4n) is 10.1. The van der Waals surface area contributed by atoms with Crippen molar-refractivity contribution in [1.29, 1.82) is 0 Å². The fourth-order valence-corrected chi connectivity index (χ4v) is 10.1. The molecule has 12 heteroatoms. The Balaban J connectivity index is 1.14. The number of ketones is 2. The fraction of sp³-hybridized carbons (Fsp3) is 0.538. The number of esters is 2. The lowest BCUT2D eigenvalue weighted by molar-refractivity contribution is -0.149. The Hall–Kier alpha value is -5.39. The Morgan fingerprint density at radius 1 is 0.594 bits per heavy atom. The van der Waals surface area contributed by atoms with E-state index in [2.05, 4.69) is 29.2 Å². The molecule has 3 aromatic rings. The van der Waals surface area contributed by atoms with Gasteiger partial charge in [0.15, 0.2) is 11.6 Å². The third-order valence-electron chi connectivity index (χ3n) is 14.3. The topological polar surface area (TPSA) is 131 Å². The highest BCUT2D eigenvalue weighted by molar-refractivity contribution is 5.93. The summed E-state index contributed by atoms with van der Waals surface area (Å²) in [4.78, 5) is 85.2. The highest BCUT2D eigenvalue weighted by Crippen LogP contribution is 2.47. The van der Waals surface area contributed by atoms with E-state index < -0.39 is 35.9 Å². The highest BCUT2D eigenvalue weighted by Gasteiger charge is 2.41. The van der Waals surface area contributed by atoms with Crippen LogP contribution >= 0.6 is 0 Å². The number of rotatable bonds is 19. The second-order valence-corrected chi connectivity index (χ2v) is 18.2. The van der Waals surface area contributed by atoms with E-state index in [1.54, 1.807) is 21.9 Å². The van der Waals surface area contributed by atoms with E-state index in [1.807, 2.05) is 52.0 Å². The summed E-state index contributed by atoms with van der Waals surface area (Å²) in [6, 6.07) is 21.6. The van der Waals surface area contributed by atoms with Gasteiger partial charge in [-0.15, -0.1) is 0 Å². The van der Waals surface area contributed by atoms with E-state index in [0.29, 0.717) is 25.9 Å². The molecule has 3 aliphatic heterocycles. The Morgan fingerprint density at radius 3 is 1.34 bits per heavy atom. The van der Waals surface area contributed by atoms with Gasteiger partial charge in [-0.2, -0.15) is 0 Å². The Bertz CT molecular complexity index is 1980. The molecule has 344 valence electrons. The largest absolute Gasteiger partial charge is 0.469 e. The van der Waals surface area contributed by atoms with Crippen LogP contribution in [0.2, 0.25) is 0 Å². The molecule has 3 aliphatic rings. The minimum atomic E-state index is -0.535. The third-order valence-corrected chi connectivity index (χ3v) is 14.3. The molecule has 8 atom stereocenters. The van der Waals surface area contributed by atoms with Crippen molar-refractivity contribution < 1.29 is 42.6 Å². The number of amides is 2. The average molecular weight is 880 g/mol. The van der Waals surface area contributed by atoms with Crippen LogP contribution in [0.5, 0.6) is 0 Å². The molecule has 2 amide bonds. The number of hydrogen-bond donors (Lipinski definition) is 0. The number of carbonyl (C=O) groups excluding carboxylic acids is 6. The Morgan fingerprint density at radius 2 is 0.984 bits per heavy atom. The summed E-state index contributed by atoms with van der Waals surface area (Å²) in [5, 5.41) is 0. The lowest BCUT2D eigenvalue weighted by Gasteiger charge is -2.33. The molecule has 64 heavy (non-hydrogen) atoms. The van der Waals surface area contributed by atoms with E-state index in [0.717, 1.165) is 66.5 Å². The van der Waals surface area contributed by atoms with Crippen molar-refractivity contribution in [2.45, 2.75) is 129 Å². The van der Waals surface area contributed by atoms with Gasteiger partial charge >= 0.3 is 11.9 Å². The van der Waals surface area contributed by atoms with Crippen LogP contribution in [0.4, 0.5) is 10.1 Å². The molecular weight excluding hydrogens is 814 g/mol. The normalized spacial score (nSPS) is 21.6. The number of nitrogens with zero attached hydrogens (tertiary/aromatic N) is 3. The zero-order valence-corrected chi connectivity index (χ0v) is 38.4. The van der Waals surface area contributed by atoms with Gasteiger partial charge < -0.3 is 24.2 Å². The molecule has 3 heterocycles. The first-order chi connectivity index (χ1) is 30.8. The zero-order valence-electron chi connectivity index (χ0n) is 38.4. The molecule has 3 saturated heterocycles. The first-order valence-electron chi connectivity index (χ1n) is 23.3. The molecule has 0 spiro atoms. The molecule has 0 aliphatic carbocycles. The van der Waals surface area contributed by atoms with Crippen molar-refractivity contribution in [3.8, 4) is 0 Å². The van der Waals surface area contributed by atoms with Gasteiger partial charge in [-0.25, -0.2) is 4.39 Å². The Labute approximate surface area is 378 Å². The number of likely N-dealkylation sites (tertiary alicyclic amines) is 2. The summed E-state index contributed by atoms with van der Waals surface area (Å²) >= 11 is 0. The summed E-state index contributed by atoms with van der Waals surface area (Å²) in [5.41, 5.74) is 4.74. The second-order valence-electron chi connectivity index (χ2n) is 18.2. The molecule has 3 aromatic carbocycles. The van der Waals surface area contributed by atoms with Gasteiger partial charge in [-0.3, -0.25) is 28.8 Å². The van der Waals surface area contributed by atoms with Crippen LogP contribution < -0.4 is 4.90 Å². The van der Waals surface area contributed by atoms with Gasteiger partial charge in [0.1, 0.15) is 5.82 Å². The number of methoxy groups -OCH3 is 2. The molecule has 11 nitrogen and oxygen atoms in total. The molecule has 3 fully saturated rings. The molecule has 0 aromatic heterocycles. The number of anilines is 1. The van der Waals surface area contributed by atoms with Crippen LogP contribution in [-0.2, 0) is 51.1 Å². The van der Waals surface area contributed by atoms with Crippen LogP contribution in [0.1, 0.15) is 126 Å². The lowest BCUT2D eigenvalue weighted by atomic mass is 9.87. The number of ether oxygens (including phenoxy) is 2. The van der Waals surface area contributed by atoms with Crippen LogP contribution in [-0.4, -0.2) is 84.5 Å². The molecule has 0 bridgehead atoms. The van der Waals surface area contributed by atoms with Crippen molar-refractivity contribution in [1.82, 2.24) is 9.80 Å². The third kappa shape index (κ3) is 11.1. The van der Waals surface area contributed by atoms with Gasteiger partial charge in [-0.05, 0) is 96.9 Å². The monoisotopic (exact) mass is 879 g/mol. The number of benzene rings is 3. The smallest absolute Gasteiger partial charge is 0.306 e. The minimum absolute atomic E-state index is 0.00223. The predicted octanol–water partition coefficient (Wildman–Crippen LogP) is 8.56. The van der Waals surface area contributed by atoms with Crippen molar-refractivity contribution >= 4 is 41.0 Å². The van der Waals surface area contributed by atoms with E-state index in [9.17, 15) is 33.2 Å². The van der Waals surface area contributed by atoms with Crippen LogP contribution in [0.25, 0.3) is 0 Å². The SMILES string of the molecule is CC[C@H](C)[C@H](CC(=O)OC)C(=O)N1CCC[C@H]1C(=O)Cc1ccc([C@@H]2CC[C@@H](c3ccc(CC(=O)[C@@H]4CCCN4C(=O)[C@@H](CC(=O)OC)[C@@H](C)CC)cc3)N2c2ccc(F)cc2)cc1. The molecule has 0 N–H and O–H groups in total. The van der Waals surface area contributed by atoms with E-state index in [-0.39, 0.29) is 78.8 Å². The summed E-state index contributed by atoms with van der Waals surface area (Å²) in [6.45, 7) is 8.89. The van der Waals surface area contributed by atoms with Gasteiger partial charge in [0, 0.05) is 31.6 Å². The van der Waals surface area contributed by atoms with Crippen LogP contribution in [0, 0.1) is 29.5 Å². The lowest BCUT2D eigenvalue weighted by Crippen LogP contribution is -2.46. The summed E-state index contributed by atoms with van der Waals surface area (Å²) < 4.78 is 24.0. The summed E-state index contributed by atoms with van der Waals surface area (Å²) in [6.07, 6.45) is 6.16. The maximum Gasteiger partial charge on any atom is 0.306 e. The van der Waals surface area contributed by atoms with Gasteiger partial charge in [0.25, 0.3) is 0 Å². The number of Topliss-reactive ketones (excluding diaryl/α,β-unsaturated/α-hetero) is 2. The van der Waals surface area contributed by atoms with Crippen molar-refractivity contribution in [3.63, 3.8) is 0 Å². The zero-order chi connectivity index (χ0) is 46.1. The number of hydrogen-bond acceptors (Lipinski definition) is 9. The van der Waals surface area contributed by atoms with Gasteiger partial charge in [0.2, 0.25) is 11.8 Å². The van der Waals surface area contributed by atoms with E-state index >= 15 is 0 Å². The predicted molar refractivity (Wildman–Crippen MR) is 243 cm³/mol. The number of halogens is 1. The molecule has 0 radical (unpaired) electrons. The average Bonchev–Trinajstić information content (AvgIpc) is 4.11. The summed E-state index contributed by atoms with van der Waals surface area (Å²) in [5.74, 6) is -2.64. The van der Waals surface area contributed by atoms with Gasteiger partial charge in [0.05, 0.1) is 63.1 Å².